The van der Waals surface area contributed by atoms with Crippen LogP contribution in [0, 0.1) is 5.41 Å². The first-order valence-corrected chi connectivity index (χ1v) is 6.62. The number of hydrogen-bond acceptors (Lipinski definition) is 5. The van der Waals surface area contributed by atoms with Crippen molar-refractivity contribution in [3.63, 3.8) is 0 Å². The second-order valence-corrected chi connectivity index (χ2v) is 4.92. The molecule has 0 fully saturated rings. The Hall–Kier alpha value is -1.79. The molecule has 0 saturated heterocycles. The fourth-order valence-electron chi connectivity index (χ4n) is 1.06. The summed E-state index contributed by atoms with van der Waals surface area (Å²) < 4.78 is 9.82. The van der Waals surface area contributed by atoms with Gasteiger partial charge >= 0.3 is 12.1 Å². The van der Waals surface area contributed by atoms with Crippen LogP contribution in [0.1, 0.15) is 34.1 Å². The minimum atomic E-state index is -0.610. The fourth-order valence-corrected chi connectivity index (χ4v) is 1.06. The number of alkyl carbamates (subject to hydrolysis) is 1. The van der Waals surface area contributed by atoms with Gasteiger partial charge in [-0.25, -0.2) is 4.79 Å². The highest BCUT2D eigenvalue weighted by molar-refractivity contribution is 5.75. The van der Waals surface area contributed by atoms with Crippen LogP contribution in [-0.4, -0.2) is 44.3 Å². The molecule has 2 amide bonds. The van der Waals surface area contributed by atoms with Crippen LogP contribution in [0.25, 0.3) is 0 Å². The van der Waals surface area contributed by atoms with Crippen LogP contribution in [0.15, 0.2) is 0 Å². The molecular weight excluding hydrogens is 264 g/mol. The van der Waals surface area contributed by atoms with Crippen LogP contribution >= 0.6 is 0 Å². The lowest BCUT2D eigenvalue weighted by Crippen LogP contribution is -2.33. The van der Waals surface area contributed by atoms with Gasteiger partial charge in [-0.1, -0.05) is 6.92 Å². The van der Waals surface area contributed by atoms with Crippen LogP contribution < -0.4 is 10.6 Å². The third-order valence-electron chi connectivity index (χ3n) is 2.75. The quantitative estimate of drug-likeness (QED) is 0.509. The molecule has 0 bridgehead atoms. The van der Waals surface area contributed by atoms with E-state index < -0.39 is 11.5 Å². The largest absolute Gasteiger partial charge is 0.463 e. The van der Waals surface area contributed by atoms with Gasteiger partial charge in [-0.3, -0.25) is 9.59 Å². The number of hydrogen-bond donors (Lipinski definition) is 2. The van der Waals surface area contributed by atoms with Gasteiger partial charge in [-0.2, -0.15) is 0 Å². The van der Waals surface area contributed by atoms with Crippen LogP contribution in [0.5, 0.6) is 0 Å². The Bertz CT molecular complexity index is 342. The first kappa shape index (κ1) is 18.2. The number of ether oxygens (including phenoxy) is 2. The summed E-state index contributed by atoms with van der Waals surface area (Å²) >= 11 is 0. The minimum absolute atomic E-state index is 0.0913. The zero-order valence-electron chi connectivity index (χ0n) is 12.6. The number of carbonyl (C=O) groups is 3. The Balaban J connectivity index is 3.62. The topological polar surface area (TPSA) is 93.7 Å². The van der Waals surface area contributed by atoms with E-state index in [1.807, 2.05) is 6.92 Å². The third kappa shape index (κ3) is 8.34. The number of amides is 2. The van der Waals surface area contributed by atoms with Crippen LogP contribution in [0.3, 0.4) is 0 Å². The molecule has 0 aliphatic heterocycles. The van der Waals surface area contributed by atoms with E-state index in [4.69, 9.17) is 9.47 Å². The molecule has 0 aromatic rings. The van der Waals surface area contributed by atoms with Crippen LogP contribution in [0.4, 0.5) is 4.79 Å². The molecular formula is C13H24N2O5. The molecule has 2 N–H and O–H groups in total. The zero-order chi connectivity index (χ0) is 15.6. The SMILES string of the molecule is CCC(C)(C)C(=O)OCCNC(=O)OCCNC(C)=O. The Labute approximate surface area is 119 Å². The van der Waals surface area contributed by atoms with E-state index in [9.17, 15) is 14.4 Å². The van der Waals surface area contributed by atoms with E-state index in [1.165, 1.54) is 6.92 Å². The molecule has 0 heterocycles. The van der Waals surface area contributed by atoms with Gasteiger partial charge in [-0.15, -0.1) is 0 Å². The zero-order valence-corrected chi connectivity index (χ0v) is 12.6. The third-order valence-corrected chi connectivity index (χ3v) is 2.75. The molecule has 7 nitrogen and oxygen atoms in total. The Morgan fingerprint density at radius 3 is 2.10 bits per heavy atom. The predicted octanol–water partition coefficient (Wildman–Crippen LogP) is 0.828. The minimum Gasteiger partial charge on any atom is -0.463 e. The second kappa shape index (κ2) is 9.17. The average molecular weight is 288 g/mol. The van der Waals surface area contributed by atoms with Gasteiger partial charge in [-0.05, 0) is 20.3 Å². The van der Waals surface area contributed by atoms with Gasteiger partial charge in [0.15, 0.2) is 0 Å². The van der Waals surface area contributed by atoms with Crippen LogP contribution in [-0.2, 0) is 19.1 Å². The van der Waals surface area contributed by atoms with Crippen molar-refractivity contribution < 1.29 is 23.9 Å². The number of carbonyl (C=O) groups excluding carboxylic acids is 3. The van der Waals surface area contributed by atoms with E-state index in [1.54, 1.807) is 13.8 Å². The summed E-state index contributed by atoms with van der Waals surface area (Å²) in [7, 11) is 0. The van der Waals surface area contributed by atoms with Crippen molar-refractivity contribution in [3.05, 3.63) is 0 Å². The summed E-state index contributed by atoms with van der Waals surface area (Å²) in [4.78, 5) is 33.4. The highest BCUT2D eigenvalue weighted by atomic mass is 16.6. The first-order valence-electron chi connectivity index (χ1n) is 6.62. The van der Waals surface area contributed by atoms with Gasteiger partial charge in [0.2, 0.25) is 5.91 Å². The van der Waals surface area contributed by atoms with Gasteiger partial charge in [0.1, 0.15) is 13.2 Å². The molecule has 0 aromatic carbocycles. The number of rotatable bonds is 8. The molecule has 7 heteroatoms. The monoisotopic (exact) mass is 288 g/mol. The van der Waals surface area contributed by atoms with Crippen molar-refractivity contribution in [1.82, 2.24) is 10.6 Å². The van der Waals surface area contributed by atoms with E-state index in [0.717, 1.165) is 0 Å². The molecule has 0 saturated carbocycles. The number of esters is 1. The lowest BCUT2D eigenvalue weighted by molar-refractivity contribution is -0.153. The molecule has 0 radical (unpaired) electrons. The van der Waals surface area contributed by atoms with Gasteiger partial charge < -0.3 is 20.1 Å². The van der Waals surface area contributed by atoms with E-state index in [-0.39, 0.29) is 38.2 Å². The van der Waals surface area contributed by atoms with E-state index in [0.29, 0.717) is 6.42 Å². The maximum Gasteiger partial charge on any atom is 0.407 e. The standard InChI is InChI=1S/C13H24N2O5/c1-5-13(3,4)11(17)19-8-7-15-12(18)20-9-6-14-10(2)16/h5-9H2,1-4H3,(H,14,16)(H,15,18). The summed E-state index contributed by atoms with van der Waals surface area (Å²) in [6.07, 6.45) is 0.0749. The highest BCUT2D eigenvalue weighted by Gasteiger charge is 2.26. The Morgan fingerprint density at radius 2 is 1.55 bits per heavy atom. The van der Waals surface area contributed by atoms with E-state index in [2.05, 4.69) is 10.6 Å². The fraction of sp³-hybridized carbons (Fsp3) is 0.769. The molecule has 0 aliphatic rings. The second-order valence-electron chi connectivity index (χ2n) is 4.92. The normalized spacial score (nSPS) is 10.6. The maximum absolute atomic E-state index is 11.6. The molecule has 0 aromatic heterocycles. The molecule has 116 valence electrons. The molecule has 0 unspecified atom stereocenters. The predicted molar refractivity (Wildman–Crippen MR) is 73.1 cm³/mol. The Morgan fingerprint density at radius 1 is 1.00 bits per heavy atom. The van der Waals surface area contributed by atoms with Crippen LogP contribution in [0.2, 0.25) is 0 Å². The first-order chi connectivity index (χ1) is 9.29. The smallest absolute Gasteiger partial charge is 0.407 e. The lowest BCUT2D eigenvalue weighted by atomic mass is 9.91. The highest BCUT2D eigenvalue weighted by Crippen LogP contribution is 2.21. The summed E-state index contributed by atoms with van der Waals surface area (Å²) in [5, 5.41) is 4.94. The molecule has 0 rings (SSSR count). The number of nitrogens with one attached hydrogen (secondary N) is 2. The molecule has 0 atom stereocenters. The van der Waals surface area contributed by atoms with Crippen molar-refractivity contribution in [2.75, 3.05) is 26.3 Å². The average Bonchev–Trinajstić information content (AvgIpc) is 2.39. The Kier molecular flexibility index (Phi) is 8.35. The van der Waals surface area contributed by atoms with Crippen molar-refractivity contribution >= 4 is 18.0 Å². The molecule has 20 heavy (non-hydrogen) atoms. The summed E-state index contributed by atoms with van der Waals surface area (Å²) in [6, 6.07) is 0. The summed E-state index contributed by atoms with van der Waals surface area (Å²) in [5.41, 5.74) is -0.515. The van der Waals surface area contributed by atoms with Gasteiger partial charge in [0, 0.05) is 6.92 Å². The van der Waals surface area contributed by atoms with Gasteiger partial charge in [0.25, 0.3) is 0 Å². The lowest BCUT2D eigenvalue weighted by Gasteiger charge is -2.20. The van der Waals surface area contributed by atoms with Crippen molar-refractivity contribution in [1.29, 1.82) is 0 Å². The van der Waals surface area contributed by atoms with Crippen molar-refractivity contribution in [2.45, 2.75) is 34.1 Å². The van der Waals surface area contributed by atoms with Gasteiger partial charge in [0.05, 0.1) is 18.5 Å². The molecule has 0 aliphatic carbocycles. The summed E-state index contributed by atoms with van der Waals surface area (Å²) in [5.74, 6) is -0.472. The molecule has 0 spiro atoms. The van der Waals surface area contributed by atoms with Crippen molar-refractivity contribution in [3.8, 4) is 0 Å². The summed E-state index contributed by atoms with van der Waals surface area (Å²) in [6.45, 7) is 7.54. The van der Waals surface area contributed by atoms with Crippen molar-refractivity contribution in [2.24, 2.45) is 5.41 Å². The maximum atomic E-state index is 11.6. The van der Waals surface area contributed by atoms with E-state index >= 15 is 0 Å².